The molecule has 2 atom stereocenters. The molecule has 1 heterocycles. The van der Waals surface area contributed by atoms with Gasteiger partial charge in [0, 0.05) is 12.1 Å². The van der Waals surface area contributed by atoms with Gasteiger partial charge in [0.25, 0.3) is 0 Å². The number of hydrogen-bond acceptors (Lipinski definition) is 3. The van der Waals surface area contributed by atoms with Crippen molar-refractivity contribution in [3.05, 3.63) is 30.1 Å². The number of piperidine rings is 1. The lowest BCUT2D eigenvalue weighted by atomic mass is 9.95. The first-order valence-corrected chi connectivity index (χ1v) is 5.90. The fourth-order valence-electron chi connectivity index (χ4n) is 2.16. The van der Waals surface area contributed by atoms with Gasteiger partial charge in [0.2, 0.25) is 5.91 Å². The number of carbonyl (C=O) groups is 1. The number of hydrogen-bond donors (Lipinski definition) is 1. The molecule has 1 aromatic carbocycles. The number of carbonyl (C=O) groups excluding carboxylic acids is 1. The lowest BCUT2D eigenvalue weighted by Gasteiger charge is -2.36. The average molecular weight is 253 g/mol. The molecule has 0 aromatic heterocycles. The molecule has 1 unspecified atom stereocenters. The van der Waals surface area contributed by atoms with E-state index in [9.17, 15) is 9.18 Å². The van der Waals surface area contributed by atoms with E-state index in [2.05, 4.69) is 0 Å². The van der Waals surface area contributed by atoms with Gasteiger partial charge in [-0.3, -0.25) is 4.79 Å². The Bertz CT molecular complexity index is 421. The van der Waals surface area contributed by atoms with E-state index in [1.165, 1.54) is 12.1 Å². The molecule has 0 radical (unpaired) electrons. The highest BCUT2D eigenvalue weighted by atomic mass is 19.1. The van der Waals surface area contributed by atoms with Crippen LogP contribution >= 0.6 is 0 Å². The van der Waals surface area contributed by atoms with Crippen LogP contribution in [0.4, 0.5) is 10.1 Å². The van der Waals surface area contributed by atoms with Crippen molar-refractivity contribution in [3.8, 4) is 0 Å². The zero-order chi connectivity index (χ0) is 13.1. The van der Waals surface area contributed by atoms with Crippen molar-refractivity contribution in [3.63, 3.8) is 0 Å². The molecule has 1 N–H and O–H groups in total. The number of aliphatic hydroxyl groups is 1. The zero-order valence-electron chi connectivity index (χ0n) is 10.2. The topological polar surface area (TPSA) is 49.8 Å². The van der Waals surface area contributed by atoms with Gasteiger partial charge in [0.05, 0.1) is 12.6 Å². The number of ether oxygens (including phenoxy) is 1. The fraction of sp³-hybridized carbons (Fsp3) is 0.462. The van der Waals surface area contributed by atoms with Crippen LogP contribution in [-0.2, 0) is 9.53 Å². The highest BCUT2D eigenvalue weighted by Gasteiger charge is 2.32. The minimum atomic E-state index is -0.361. The first kappa shape index (κ1) is 13.0. The van der Waals surface area contributed by atoms with Crippen LogP contribution in [-0.4, -0.2) is 30.5 Å². The minimum Gasteiger partial charge on any atom is -0.371 e. The summed E-state index contributed by atoms with van der Waals surface area (Å²) in [5.41, 5.74) is 0.653. The number of nitrogens with zero attached hydrogens (tertiary/aromatic N) is 1. The highest BCUT2D eigenvalue weighted by molar-refractivity contribution is 5.94. The Morgan fingerprint density at radius 2 is 2.11 bits per heavy atom. The van der Waals surface area contributed by atoms with Gasteiger partial charge < -0.3 is 14.7 Å². The Hall–Kier alpha value is -1.46. The van der Waals surface area contributed by atoms with E-state index >= 15 is 0 Å². The van der Waals surface area contributed by atoms with Crippen LogP contribution < -0.4 is 4.90 Å². The molecule has 4 nitrogen and oxygen atoms in total. The molecule has 1 aliphatic heterocycles. The molecule has 1 amide bonds. The van der Waals surface area contributed by atoms with Crippen molar-refractivity contribution in [2.24, 2.45) is 5.92 Å². The van der Waals surface area contributed by atoms with Gasteiger partial charge in [-0.2, -0.15) is 0 Å². The summed E-state index contributed by atoms with van der Waals surface area (Å²) in [6.07, 6.45) is 0.167. The Kier molecular flexibility index (Phi) is 3.93. The lowest BCUT2D eigenvalue weighted by molar-refractivity contribution is -0.127. The molecule has 1 aliphatic rings. The van der Waals surface area contributed by atoms with Crippen LogP contribution in [0, 0.1) is 11.7 Å². The second-order valence-corrected chi connectivity index (χ2v) is 4.50. The maximum absolute atomic E-state index is 12.8. The molecule has 0 saturated carbocycles. The van der Waals surface area contributed by atoms with E-state index < -0.39 is 0 Å². The SMILES string of the molecule is C[C@@H]1CC(=O)N(c2ccc(F)cc2)CC1OCO. The Morgan fingerprint density at radius 3 is 2.72 bits per heavy atom. The summed E-state index contributed by atoms with van der Waals surface area (Å²) in [5, 5.41) is 8.82. The van der Waals surface area contributed by atoms with Gasteiger partial charge >= 0.3 is 0 Å². The first-order chi connectivity index (χ1) is 8.61. The van der Waals surface area contributed by atoms with E-state index in [-0.39, 0.29) is 30.5 Å². The van der Waals surface area contributed by atoms with Gasteiger partial charge in [-0.1, -0.05) is 6.92 Å². The number of aliphatic hydroxyl groups excluding tert-OH is 1. The third-order valence-corrected chi connectivity index (χ3v) is 3.22. The monoisotopic (exact) mass is 253 g/mol. The summed E-state index contributed by atoms with van der Waals surface area (Å²) in [4.78, 5) is 13.5. The number of rotatable bonds is 3. The van der Waals surface area contributed by atoms with Crippen molar-refractivity contribution >= 4 is 11.6 Å². The standard InChI is InChI=1S/C13H16FNO3/c1-9-6-13(17)15(7-12(9)18-8-16)11-4-2-10(14)3-5-11/h2-5,9,12,16H,6-8H2,1H3/t9-,12?/m1/s1. The molecule has 2 rings (SSSR count). The van der Waals surface area contributed by atoms with Gasteiger partial charge in [-0.05, 0) is 30.2 Å². The van der Waals surface area contributed by atoms with Crippen LogP contribution in [0.1, 0.15) is 13.3 Å². The van der Waals surface area contributed by atoms with Crippen molar-refractivity contribution in [1.29, 1.82) is 0 Å². The number of amides is 1. The second-order valence-electron chi connectivity index (χ2n) is 4.50. The van der Waals surface area contributed by atoms with Crippen LogP contribution in [0.5, 0.6) is 0 Å². The van der Waals surface area contributed by atoms with Crippen LogP contribution in [0.3, 0.4) is 0 Å². The van der Waals surface area contributed by atoms with E-state index in [0.717, 1.165) is 0 Å². The predicted octanol–water partition coefficient (Wildman–Crippen LogP) is 1.53. The van der Waals surface area contributed by atoms with Crippen LogP contribution in [0.15, 0.2) is 24.3 Å². The number of benzene rings is 1. The summed E-state index contributed by atoms with van der Waals surface area (Å²) in [5.74, 6) is -0.270. The third-order valence-electron chi connectivity index (χ3n) is 3.22. The summed E-state index contributed by atoms with van der Waals surface area (Å²) in [6, 6.07) is 5.78. The van der Waals surface area contributed by atoms with Gasteiger partial charge in [-0.25, -0.2) is 4.39 Å². The third kappa shape index (κ3) is 2.68. The molecule has 0 spiro atoms. The van der Waals surface area contributed by atoms with Gasteiger partial charge in [-0.15, -0.1) is 0 Å². The summed E-state index contributed by atoms with van der Waals surface area (Å²) >= 11 is 0. The van der Waals surface area contributed by atoms with Crippen molar-refractivity contribution in [2.75, 3.05) is 18.2 Å². The molecule has 5 heteroatoms. The predicted molar refractivity (Wildman–Crippen MR) is 64.5 cm³/mol. The summed E-state index contributed by atoms with van der Waals surface area (Å²) in [6.45, 7) is 1.94. The molecular weight excluding hydrogens is 237 g/mol. The second kappa shape index (κ2) is 5.46. The van der Waals surface area contributed by atoms with Crippen molar-refractivity contribution in [2.45, 2.75) is 19.4 Å². The van der Waals surface area contributed by atoms with Crippen molar-refractivity contribution < 1.29 is 19.0 Å². The maximum atomic E-state index is 12.8. The Balaban J connectivity index is 2.16. The molecule has 1 fully saturated rings. The molecule has 1 saturated heterocycles. The molecule has 0 aliphatic carbocycles. The van der Waals surface area contributed by atoms with Crippen LogP contribution in [0.25, 0.3) is 0 Å². The molecular formula is C13H16FNO3. The quantitative estimate of drug-likeness (QED) is 0.831. The molecule has 18 heavy (non-hydrogen) atoms. The minimum absolute atomic E-state index is 0.00750. The highest BCUT2D eigenvalue weighted by Crippen LogP contribution is 2.26. The largest absolute Gasteiger partial charge is 0.371 e. The van der Waals surface area contributed by atoms with E-state index in [1.54, 1.807) is 17.0 Å². The van der Waals surface area contributed by atoms with E-state index in [1.807, 2.05) is 6.92 Å². The average Bonchev–Trinajstić information content (AvgIpc) is 2.34. The number of anilines is 1. The zero-order valence-corrected chi connectivity index (χ0v) is 10.2. The normalized spacial score (nSPS) is 24.4. The van der Waals surface area contributed by atoms with Crippen LogP contribution in [0.2, 0.25) is 0 Å². The summed E-state index contributed by atoms with van der Waals surface area (Å²) < 4.78 is 18.1. The Morgan fingerprint density at radius 1 is 1.44 bits per heavy atom. The number of halogens is 1. The molecule has 1 aromatic rings. The lowest BCUT2D eigenvalue weighted by Crippen LogP contribution is -2.48. The van der Waals surface area contributed by atoms with E-state index in [4.69, 9.17) is 9.84 Å². The fourth-order valence-corrected chi connectivity index (χ4v) is 2.16. The first-order valence-electron chi connectivity index (χ1n) is 5.90. The van der Waals surface area contributed by atoms with Gasteiger partial charge in [0.15, 0.2) is 0 Å². The van der Waals surface area contributed by atoms with E-state index in [0.29, 0.717) is 18.7 Å². The molecule has 98 valence electrons. The Labute approximate surface area is 105 Å². The summed E-state index contributed by atoms with van der Waals surface area (Å²) in [7, 11) is 0. The molecule has 0 bridgehead atoms. The van der Waals surface area contributed by atoms with Gasteiger partial charge in [0.1, 0.15) is 12.6 Å². The van der Waals surface area contributed by atoms with Crippen molar-refractivity contribution in [1.82, 2.24) is 0 Å². The smallest absolute Gasteiger partial charge is 0.227 e. The maximum Gasteiger partial charge on any atom is 0.227 e.